The SMILES string of the molecule is COc1ccc(Cl)cc1NC(=O)[C@H]1Cc2ccccc2CN1S(C)(=O)=O. The number of methoxy groups -OCH3 is 1. The number of nitrogens with one attached hydrogen (secondary N) is 1. The van der Waals surface area contributed by atoms with Gasteiger partial charge in [-0.2, -0.15) is 4.31 Å². The van der Waals surface area contributed by atoms with Crippen LogP contribution in [-0.2, 0) is 27.8 Å². The number of hydrogen-bond donors (Lipinski definition) is 1. The van der Waals surface area contributed by atoms with E-state index in [1.165, 1.54) is 11.4 Å². The van der Waals surface area contributed by atoms with Crippen molar-refractivity contribution < 1.29 is 17.9 Å². The molecule has 2 aromatic carbocycles. The van der Waals surface area contributed by atoms with Gasteiger partial charge < -0.3 is 10.1 Å². The third kappa shape index (κ3) is 3.85. The Bertz CT molecular complexity index is 946. The number of nitrogens with zero attached hydrogens (tertiary/aromatic N) is 1. The number of anilines is 1. The minimum Gasteiger partial charge on any atom is -0.495 e. The summed E-state index contributed by atoms with van der Waals surface area (Å²) in [5, 5.41) is 3.19. The topological polar surface area (TPSA) is 75.7 Å². The third-order valence-corrected chi connectivity index (χ3v) is 5.82. The molecule has 26 heavy (non-hydrogen) atoms. The minimum absolute atomic E-state index is 0.166. The van der Waals surface area contributed by atoms with Crippen LogP contribution in [0.4, 0.5) is 5.69 Å². The first-order chi connectivity index (χ1) is 12.3. The maximum atomic E-state index is 12.9. The maximum Gasteiger partial charge on any atom is 0.243 e. The van der Waals surface area contributed by atoms with E-state index in [0.29, 0.717) is 22.9 Å². The molecule has 1 atom stereocenters. The van der Waals surface area contributed by atoms with Gasteiger partial charge >= 0.3 is 0 Å². The largest absolute Gasteiger partial charge is 0.495 e. The highest BCUT2D eigenvalue weighted by molar-refractivity contribution is 7.88. The highest BCUT2D eigenvalue weighted by Crippen LogP contribution is 2.30. The van der Waals surface area contributed by atoms with Crippen molar-refractivity contribution in [1.29, 1.82) is 0 Å². The molecule has 1 heterocycles. The van der Waals surface area contributed by atoms with Gasteiger partial charge in [-0.15, -0.1) is 0 Å². The standard InChI is InChI=1S/C18H19ClN2O4S/c1-25-17-8-7-14(19)10-15(17)20-18(22)16-9-12-5-3-4-6-13(12)11-21(16)26(2,23)24/h3-8,10,16H,9,11H2,1-2H3,(H,20,22)/t16-/m1/s1. The molecule has 138 valence electrons. The summed E-state index contributed by atoms with van der Waals surface area (Å²) >= 11 is 6.00. The van der Waals surface area contributed by atoms with Crippen LogP contribution in [0.15, 0.2) is 42.5 Å². The van der Waals surface area contributed by atoms with Crippen molar-refractivity contribution in [2.45, 2.75) is 19.0 Å². The zero-order valence-corrected chi connectivity index (χ0v) is 16.0. The number of carbonyl (C=O) groups is 1. The van der Waals surface area contributed by atoms with E-state index in [1.807, 2.05) is 24.3 Å². The van der Waals surface area contributed by atoms with Crippen LogP contribution in [0.3, 0.4) is 0 Å². The average Bonchev–Trinajstić information content (AvgIpc) is 2.60. The molecule has 1 amide bonds. The third-order valence-electron chi connectivity index (χ3n) is 4.35. The number of sulfonamides is 1. The molecule has 8 heteroatoms. The predicted molar refractivity (Wildman–Crippen MR) is 101 cm³/mol. The van der Waals surface area contributed by atoms with E-state index >= 15 is 0 Å². The minimum atomic E-state index is -3.56. The first kappa shape index (κ1) is 18.7. The molecule has 0 radical (unpaired) electrons. The summed E-state index contributed by atoms with van der Waals surface area (Å²) in [7, 11) is -2.08. The van der Waals surface area contributed by atoms with Crippen molar-refractivity contribution in [2.24, 2.45) is 0 Å². The molecule has 1 N–H and O–H groups in total. The number of halogens is 1. The Hall–Kier alpha value is -2.09. The second-order valence-corrected chi connectivity index (χ2v) is 8.50. The predicted octanol–water partition coefficient (Wildman–Crippen LogP) is 2.67. The summed E-state index contributed by atoms with van der Waals surface area (Å²) in [4.78, 5) is 12.9. The molecule has 2 aromatic rings. The number of ether oxygens (including phenoxy) is 1. The van der Waals surface area contributed by atoms with E-state index in [9.17, 15) is 13.2 Å². The van der Waals surface area contributed by atoms with Crippen molar-refractivity contribution in [3.8, 4) is 5.75 Å². The normalized spacial score (nSPS) is 17.4. The van der Waals surface area contributed by atoms with Gasteiger partial charge in [0, 0.05) is 11.6 Å². The molecule has 0 spiro atoms. The molecular weight excluding hydrogens is 376 g/mol. The van der Waals surface area contributed by atoms with Gasteiger partial charge in [-0.05, 0) is 35.7 Å². The maximum absolute atomic E-state index is 12.9. The lowest BCUT2D eigenvalue weighted by Gasteiger charge is -2.34. The van der Waals surface area contributed by atoms with Gasteiger partial charge in [-0.3, -0.25) is 4.79 Å². The van der Waals surface area contributed by atoms with Crippen LogP contribution in [0.2, 0.25) is 5.02 Å². The number of amides is 1. The number of fused-ring (bicyclic) bond motifs is 1. The molecule has 0 saturated carbocycles. The smallest absolute Gasteiger partial charge is 0.243 e. The Labute approximate surface area is 157 Å². The van der Waals surface area contributed by atoms with Gasteiger partial charge in [0.05, 0.1) is 19.1 Å². The van der Waals surface area contributed by atoms with Crippen molar-refractivity contribution in [3.05, 3.63) is 58.6 Å². The summed E-state index contributed by atoms with van der Waals surface area (Å²) in [6.45, 7) is 0.166. The van der Waals surface area contributed by atoms with Crippen molar-refractivity contribution in [3.63, 3.8) is 0 Å². The van der Waals surface area contributed by atoms with Crippen LogP contribution in [0.5, 0.6) is 5.75 Å². The molecule has 6 nitrogen and oxygen atoms in total. The van der Waals surface area contributed by atoms with Gasteiger partial charge in [0.15, 0.2) is 0 Å². The highest BCUT2D eigenvalue weighted by atomic mass is 35.5. The average molecular weight is 395 g/mol. The second kappa shape index (κ2) is 7.26. The van der Waals surface area contributed by atoms with Gasteiger partial charge in [-0.25, -0.2) is 8.42 Å². The van der Waals surface area contributed by atoms with E-state index in [4.69, 9.17) is 16.3 Å². The summed E-state index contributed by atoms with van der Waals surface area (Å²) in [6, 6.07) is 11.5. The van der Waals surface area contributed by atoms with E-state index in [1.54, 1.807) is 18.2 Å². The van der Waals surface area contributed by atoms with Crippen LogP contribution in [0.25, 0.3) is 0 Å². The summed E-state index contributed by atoms with van der Waals surface area (Å²) < 4.78 is 30.9. The monoisotopic (exact) mass is 394 g/mol. The molecule has 1 aliphatic heterocycles. The number of benzene rings is 2. The second-order valence-electron chi connectivity index (χ2n) is 6.13. The molecule has 0 fully saturated rings. The number of hydrogen-bond acceptors (Lipinski definition) is 4. The first-order valence-electron chi connectivity index (χ1n) is 7.97. The molecule has 1 aliphatic rings. The van der Waals surface area contributed by atoms with Crippen LogP contribution in [-0.4, -0.2) is 38.0 Å². The molecule has 0 saturated heterocycles. The van der Waals surface area contributed by atoms with Crippen LogP contribution >= 0.6 is 11.6 Å². The zero-order chi connectivity index (χ0) is 18.9. The van der Waals surface area contributed by atoms with Crippen molar-refractivity contribution >= 4 is 33.2 Å². The lowest BCUT2D eigenvalue weighted by atomic mass is 9.95. The molecule has 0 aliphatic carbocycles. The number of carbonyl (C=O) groups excluding carboxylic acids is 1. The Morgan fingerprint density at radius 1 is 1.23 bits per heavy atom. The molecule has 0 unspecified atom stereocenters. The van der Waals surface area contributed by atoms with E-state index in [0.717, 1.165) is 17.4 Å². The van der Waals surface area contributed by atoms with Crippen molar-refractivity contribution in [1.82, 2.24) is 4.31 Å². The van der Waals surface area contributed by atoms with Gasteiger partial charge in [0.25, 0.3) is 0 Å². The fraction of sp³-hybridized carbons (Fsp3) is 0.278. The Kier molecular flexibility index (Phi) is 5.22. The lowest BCUT2D eigenvalue weighted by molar-refractivity contribution is -0.120. The Morgan fingerprint density at radius 3 is 2.58 bits per heavy atom. The van der Waals surface area contributed by atoms with Crippen LogP contribution in [0, 0.1) is 0 Å². The Morgan fingerprint density at radius 2 is 1.92 bits per heavy atom. The fourth-order valence-corrected chi connectivity index (χ4v) is 4.24. The van der Waals surface area contributed by atoms with Crippen molar-refractivity contribution in [2.75, 3.05) is 18.7 Å². The van der Waals surface area contributed by atoms with Crippen LogP contribution in [0.1, 0.15) is 11.1 Å². The lowest BCUT2D eigenvalue weighted by Crippen LogP contribution is -2.50. The highest BCUT2D eigenvalue weighted by Gasteiger charge is 2.37. The summed E-state index contributed by atoms with van der Waals surface area (Å²) in [6.07, 6.45) is 1.42. The first-order valence-corrected chi connectivity index (χ1v) is 10.2. The molecular formula is C18H19ClN2O4S. The molecule has 0 aromatic heterocycles. The fourth-order valence-electron chi connectivity index (χ4n) is 3.06. The van der Waals surface area contributed by atoms with E-state index in [-0.39, 0.29) is 6.54 Å². The van der Waals surface area contributed by atoms with Gasteiger partial charge in [-0.1, -0.05) is 35.9 Å². The van der Waals surface area contributed by atoms with E-state index in [2.05, 4.69) is 5.32 Å². The summed E-state index contributed by atoms with van der Waals surface area (Å²) in [5.41, 5.74) is 2.27. The summed E-state index contributed by atoms with van der Waals surface area (Å²) in [5.74, 6) is 0.0235. The quantitative estimate of drug-likeness (QED) is 0.865. The van der Waals surface area contributed by atoms with Crippen LogP contribution < -0.4 is 10.1 Å². The Balaban J connectivity index is 1.93. The molecule has 0 bridgehead atoms. The molecule has 3 rings (SSSR count). The van der Waals surface area contributed by atoms with E-state index < -0.39 is 22.0 Å². The number of rotatable bonds is 4. The van der Waals surface area contributed by atoms with Gasteiger partial charge in [0.2, 0.25) is 15.9 Å². The van der Waals surface area contributed by atoms with Gasteiger partial charge in [0.1, 0.15) is 11.8 Å². The zero-order valence-electron chi connectivity index (χ0n) is 14.4.